The molecule has 0 spiro atoms. The Labute approximate surface area is 217 Å². The molecule has 0 bridgehead atoms. The summed E-state index contributed by atoms with van der Waals surface area (Å²) in [5.74, 6) is 0. The van der Waals surface area contributed by atoms with Gasteiger partial charge in [-0.15, -0.1) is 24.8 Å². The summed E-state index contributed by atoms with van der Waals surface area (Å²) in [6, 6.07) is 27.7. The summed E-state index contributed by atoms with van der Waals surface area (Å²) >= 11 is 0. The number of benzene rings is 1. The van der Waals surface area contributed by atoms with Gasteiger partial charge < -0.3 is 7.43 Å². The van der Waals surface area contributed by atoms with Crippen molar-refractivity contribution >= 4 is 66.8 Å². The van der Waals surface area contributed by atoms with Gasteiger partial charge in [-0.2, -0.15) is 36.4 Å². The fourth-order valence-corrected chi connectivity index (χ4v) is 4.88. The molecule has 0 aliphatic rings. The van der Waals surface area contributed by atoms with Gasteiger partial charge in [0.1, 0.15) is 0 Å². The molecule has 0 aliphatic carbocycles. The quantitative estimate of drug-likeness (QED) is 0.301. The van der Waals surface area contributed by atoms with Crippen LogP contribution in [0.15, 0.2) is 78.9 Å². The van der Waals surface area contributed by atoms with Gasteiger partial charge >= 0.3 is 26.2 Å². The van der Waals surface area contributed by atoms with Crippen LogP contribution in [-0.4, -0.2) is 26.4 Å². The minimum atomic E-state index is -0.981. The largest absolute Gasteiger partial charge is 3.00 e. The van der Waals surface area contributed by atoms with Crippen LogP contribution in [0.1, 0.15) is 0 Å². The summed E-state index contributed by atoms with van der Waals surface area (Å²) in [6.07, 6.45) is 0. The maximum atomic E-state index is 2.36. The van der Waals surface area contributed by atoms with E-state index in [1.54, 1.807) is 10.4 Å². The zero-order chi connectivity index (χ0) is 18.9. The van der Waals surface area contributed by atoms with Crippen LogP contribution in [0.3, 0.4) is 0 Å². The molecule has 0 aromatic heterocycles. The SMILES string of the molecule is C[Si](C)(C)c1cc[cH-]c1.C[Si](C)(C)c1cc[cH-]c1.Cl.Cl.[CH3-].[SiH2]c1ccccc1.[Zr+3]. The minimum absolute atomic E-state index is 0. The average Bonchev–Trinajstić information content (AvgIpc) is 3.22. The van der Waals surface area contributed by atoms with Crippen molar-refractivity contribution in [3.05, 3.63) is 86.3 Å². The Morgan fingerprint density at radius 1 is 0.655 bits per heavy atom. The average molecular weight is 561 g/mol. The van der Waals surface area contributed by atoms with Crippen LogP contribution in [0.4, 0.5) is 0 Å². The molecule has 29 heavy (non-hydrogen) atoms. The zero-order valence-electron chi connectivity index (χ0n) is 19.0. The Bertz CT molecular complexity index is 640. The van der Waals surface area contributed by atoms with Gasteiger partial charge in [0.05, 0.1) is 0 Å². The molecule has 0 N–H and O–H groups in total. The monoisotopic (exact) mass is 558 g/mol. The van der Waals surface area contributed by atoms with Gasteiger partial charge in [-0.05, 0) is 0 Å². The van der Waals surface area contributed by atoms with Crippen LogP contribution in [-0.2, 0) is 26.2 Å². The standard InChI is InChI=1S/2C8H13Si.C6H7Si.CH3.2ClH.Zr/c2*1-9(2,3)8-6-4-5-7-8;7-6-4-2-1-3-5-6;;;;/h2*4-7H,1-3H3;1-5H,7H2;1H3;2*1H;/q2*-1;;-1;;;+3. The topological polar surface area (TPSA) is 0 Å². The van der Waals surface area contributed by atoms with Crippen LogP contribution in [0, 0.1) is 7.43 Å². The second-order valence-corrected chi connectivity index (χ2v) is 19.3. The summed E-state index contributed by atoms with van der Waals surface area (Å²) in [5, 5.41) is 4.47. The van der Waals surface area contributed by atoms with Crippen LogP contribution < -0.4 is 15.6 Å². The van der Waals surface area contributed by atoms with E-state index >= 15 is 0 Å². The van der Waals surface area contributed by atoms with E-state index in [0.717, 1.165) is 0 Å². The molecule has 0 aliphatic heterocycles. The predicted molar refractivity (Wildman–Crippen MR) is 146 cm³/mol. The molecule has 3 aromatic rings. The summed E-state index contributed by atoms with van der Waals surface area (Å²) in [7, 11) is -0.0608. The molecule has 3 aromatic carbocycles. The van der Waals surface area contributed by atoms with Crippen LogP contribution in [0.2, 0.25) is 39.3 Å². The first-order valence-electron chi connectivity index (χ1n) is 8.92. The van der Waals surface area contributed by atoms with Crippen molar-refractivity contribution in [2.24, 2.45) is 0 Å². The molecule has 2 radical (unpaired) electrons. The van der Waals surface area contributed by atoms with Crippen molar-refractivity contribution in [1.29, 1.82) is 0 Å². The van der Waals surface area contributed by atoms with Crippen LogP contribution >= 0.6 is 24.8 Å². The van der Waals surface area contributed by atoms with Crippen molar-refractivity contribution in [3.63, 3.8) is 0 Å². The summed E-state index contributed by atoms with van der Waals surface area (Å²) in [5.41, 5.74) is 0. The van der Waals surface area contributed by atoms with Gasteiger partial charge in [-0.25, -0.2) is 22.5 Å². The normalized spacial score (nSPS) is 9.48. The molecule has 160 valence electrons. The van der Waals surface area contributed by atoms with E-state index in [-0.39, 0.29) is 58.4 Å². The Hall–Kier alpha value is 0.0338. The first kappa shape index (κ1) is 36.4. The van der Waals surface area contributed by atoms with Crippen molar-refractivity contribution in [3.8, 4) is 0 Å². The first-order valence-corrected chi connectivity index (χ1v) is 16.6. The van der Waals surface area contributed by atoms with Crippen molar-refractivity contribution in [2.45, 2.75) is 39.3 Å². The molecule has 3 rings (SSSR count). The summed E-state index contributed by atoms with van der Waals surface area (Å²) in [6.45, 7) is 14.2. The van der Waals surface area contributed by atoms with Crippen molar-refractivity contribution in [2.75, 3.05) is 0 Å². The maximum absolute atomic E-state index is 2.36. The molecule has 0 unspecified atom stereocenters. The minimum Gasteiger partial charge on any atom is -0.358 e. The number of halogens is 2. The molecule has 0 saturated carbocycles. The van der Waals surface area contributed by atoms with Gasteiger partial charge in [-0.1, -0.05) is 74.8 Å². The van der Waals surface area contributed by atoms with Gasteiger partial charge in [0.25, 0.3) is 0 Å². The van der Waals surface area contributed by atoms with E-state index in [1.807, 2.05) is 28.4 Å². The van der Waals surface area contributed by atoms with E-state index in [4.69, 9.17) is 0 Å². The number of hydrogen-bond donors (Lipinski definition) is 0. The van der Waals surface area contributed by atoms with E-state index in [0.29, 0.717) is 0 Å². The summed E-state index contributed by atoms with van der Waals surface area (Å²) < 4.78 is 0. The van der Waals surface area contributed by atoms with E-state index in [1.165, 1.54) is 5.19 Å². The second kappa shape index (κ2) is 17.7. The van der Waals surface area contributed by atoms with E-state index < -0.39 is 16.1 Å². The number of rotatable bonds is 2. The third-order valence-corrected chi connectivity index (χ3v) is 8.50. The maximum Gasteiger partial charge on any atom is 3.00 e. The fraction of sp³-hybridized carbons (Fsp3) is 0.261. The van der Waals surface area contributed by atoms with Crippen LogP contribution in [0.25, 0.3) is 0 Å². The molecule has 0 fully saturated rings. The Morgan fingerprint density at radius 2 is 1.00 bits per heavy atom. The molecular weight excluding hydrogens is 523 g/mol. The smallest absolute Gasteiger partial charge is 0.358 e. The Kier molecular flexibility index (Phi) is 22.2. The third-order valence-electron chi connectivity index (χ3n) is 3.90. The molecule has 0 saturated heterocycles. The molecule has 6 heteroatoms. The van der Waals surface area contributed by atoms with Gasteiger partial charge in [0.15, 0.2) is 0 Å². The van der Waals surface area contributed by atoms with Gasteiger partial charge in [0.2, 0.25) is 0 Å². The molecular formula is C23H38Cl2Si3Zr. The van der Waals surface area contributed by atoms with E-state index in [9.17, 15) is 0 Å². The molecule has 0 atom stereocenters. The summed E-state index contributed by atoms with van der Waals surface area (Å²) in [4.78, 5) is 0. The molecule has 0 nitrogen and oxygen atoms in total. The second-order valence-electron chi connectivity index (χ2n) is 8.33. The molecule has 0 amide bonds. The van der Waals surface area contributed by atoms with Crippen molar-refractivity contribution in [1.82, 2.24) is 0 Å². The Balaban J connectivity index is -0.000000152. The van der Waals surface area contributed by atoms with E-state index in [2.05, 4.69) is 99.9 Å². The van der Waals surface area contributed by atoms with Gasteiger partial charge in [-0.3, -0.25) is 0 Å². The van der Waals surface area contributed by atoms with Crippen LogP contribution in [0.5, 0.6) is 0 Å². The predicted octanol–water partition coefficient (Wildman–Crippen LogP) is 5.14. The Morgan fingerprint density at radius 3 is 1.14 bits per heavy atom. The zero-order valence-corrected chi connectivity index (χ0v) is 26.5. The molecule has 0 heterocycles. The number of hydrogen-bond acceptors (Lipinski definition) is 0. The van der Waals surface area contributed by atoms with Gasteiger partial charge in [0, 0.05) is 26.4 Å². The first-order chi connectivity index (χ1) is 11.6. The fourth-order valence-electron chi connectivity index (χ4n) is 2.23. The third kappa shape index (κ3) is 16.4. The van der Waals surface area contributed by atoms with Crippen molar-refractivity contribution < 1.29 is 26.2 Å².